The van der Waals surface area contributed by atoms with Crippen LogP contribution in [0.4, 0.5) is 17.6 Å². The Bertz CT molecular complexity index is 719. The van der Waals surface area contributed by atoms with Crippen LogP contribution in [0.3, 0.4) is 0 Å². The monoisotopic (exact) mass is 358 g/mol. The maximum Gasteiger partial charge on any atom is 0.419 e. The number of rotatable bonds is 1. The zero-order chi connectivity index (χ0) is 18.4. The number of alkyl halides is 3. The van der Waals surface area contributed by atoms with Gasteiger partial charge in [-0.1, -0.05) is 0 Å². The van der Waals surface area contributed by atoms with E-state index >= 15 is 0 Å². The lowest BCUT2D eigenvalue weighted by Crippen LogP contribution is -2.35. The van der Waals surface area contributed by atoms with Gasteiger partial charge in [-0.15, -0.1) is 0 Å². The van der Waals surface area contributed by atoms with Crippen molar-refractivity contribution in [1.82, 2.24) is 9.80 Å². The summed E-state index contributed by atoms with van der Waals surface area (Å²) in [5, 5.41) is 0. The van der Waals surface area contributed by atoms with Crippen molar-refractivity contribution in [2.45, 2.75) is 25.9 Å². The van der Waals surface area contributed by atoms with Crippen LogP contribution in [0.1, 0.15) is 35.7 Å². The van der Waals surface area contributed by atoms with E-state index in [1.165, 1.54) is 11.8 Å². The maximum absolute atomic E-state index is 13.4. The summed E-state index contributed by atoms with van der Waals surface area (Å²) in [5.74, 6) is -1.95. The lowest BCUT2D eigenvalue weighted by Gasteiger charge is -2.24. The Morgan fingerprint density at radius 2 is 1.68 bits per heavy atom. The van der Waals surface area contributed by atoms with Crippen molar-refractivity contribution in [2.24, 2.45) is 5.41 Å². The summed E-state index contributed by atoms with van der Waals surface area (Å²) in [6, 6.07) is 2.32. The Kier molecular flexibility index (Phi) is 4.25. The van der Waals surface area contributed by atoms with Gasteiger partial charge in [0.05, 0.1) is 5.56 Å². The second-order valence-corrected chi connectivity index (χ2v) is 6.86. The highest BCUT2D eigenvalue weighted by Gasteiger charge is 2.45. The summed E-state index contributed by atoms with van der Waals surface area (Å²) >= 11 is 0. The average Bonchev–Trinajstić information content (AvgIpc) is 3.14. The van der Waals surface area contributed by atoms with E-state index in [1.807, 2.05) is 0 Å². The number of carbonyl (C=O) groups is 2. The Morgan fingerprint density at radius 1 is 1.08 bits per heavy atom. The molecule has 25 heavy (non-hydrogen) atoms. The van der Waals surface area contributed by atoms with Crippen LogP contribution in [-0.2, 0) is 11.0 Å². The molecule has 8 heteroatoms. The van der Waals surface area contributed by atoms with Crippen LogP contribution in [0.2, 0.25) is 0 Å². The lowest BCUT2D eigenvalue weighted by atomic mass is 9.86. The fourth-order valence-electron chi connectivity index (χ4n) is 3.70. The highest BCUT2D eigenvalue weighted by Crippen LogP contribution is 2.40. The molecule has 2 fully saturated rings. The number of hydrogen-bond acceptors (Lipinski definition) is 2. The molecule has 0 bridgehead atoms. The van der Waals surface area contributed by atoms with Gasteiger partial charge in [0.25, 0.3) is 5.91 Å². The van der Waals surface area contributed by atoms with Crippen molar-refractivity contribution in [2.75, 3.05) is 26.2 Å². The molecule has 0 N–H and O–H groups in total. The van der Waals surface area contributed by atoms with Crippen LogP contribution >= 0.6 is 0 Å². The third kappa shape index (κ3) is 3.34. The van der Waals surface area contributed by atoms with Crippen molar-refractivity contribution in [3.05, 3.63) is 35.1 Å². The number of halogens is 4. The summed E-state index contributed by atoms with van der Waals surface area (Å²) in [7, 11) is 0. The molecule has 2 aliphatic rings. The molecule has 0 aromatic heterocycles. The van der Waals surface area contributed by atoms with Crippen LogP contribution < -0.4 is 0 Å². The van der Waals surface area contributed by atoms with E-state index < -0.39 is 23.5 Å². The van der Waals surface area contributed by atoms with Gasteiger partial charge in [0.15, 0.2) is 0 Å². The average molecular weight is 358 g/mol. The minimum atomic E-state index is -4.85. The van der Waals surface area contributed by atoms with Gasteiger partial charge in [0.1, 0.15) is 5.82 Å². The fraction of sp³-hybridized carbons (Fsp3) is 0.529. The summed E-state index contributed by atoms with van der Waals surface area (Å²) in [6.45, 7) is 3.50. The summed E-state index contributed by atoms with van der Waals surface area (Å²) in [4.78, 5) is 27.3. The number of amides is 2. The molecule has 2 amide bonds. The van der Waals surface area contributed by atoms with Crippen LogP contribution in [-0.4, -0.2) is 47.8 Å². The highest BCUT2D eigenvalue weighted by molar-refractivity contribution is 5.94. The molecule has 1 aromatic rings. The van der Waals surface area contributed by atoms with Crippen LogP contribution in [0, 0.1) is 11.2 Å². The van der Waals surface area contributed by atoms with E-state index in [1.54, 1.807) is 4.90 Å². The number of nitrogens with zero attached hydrogens (tertiary/aromatic N) is 2. The van der Waals surface area contributed by atoms with Crippen LogP contribution in [0.25, 0.3) is 0 Å². The first kappa shape index (κ1) is 17.7. The van der Waals surface area contributed by atoms with E-state index in [-0.39, 0.29) is 16.9 Å². The SMILES string of the molecule is CC(=O)N1CC[C@]2(CCN(C(=O)c3ccc(F)c(C(F)(F)F)c3)C2)C1. The van der Waals surface area contributed by atoms with E-state index in [0.29, 0.717) is 44.7 Å². The minimum absolute atomic E-state index is 0.0185. The van der Waals surface area contributed by atoms with Gasteiger partial charge in [-0.2, -0.15) is 13.2 Å². The Balaban J connectivity index is 1.76. The Labute approximate surface area is 142 Å². The predicted molar refractivity (Wildman–Crippen MR) is 81.2 cm³/mol. The third-order valence-electron chi connectivity index (χ3n) is 5.13. The van der Waals surface area contributed by atoms with Gasteiger partial charge in [-0.3, -0.25) is 9.59 Å². The van der Waals surface area contributed by atoms with E-state index in [4.69, 9.17) is 0 Å². The molecule has 2 saturated heterocycles. The van der Waals surface area contributed by atoms with Gasteiger partial charge >= 0.3 is 6.18 Å². The smallest absolute Gasteiger partial charge is 0.342 e. The molecule has 0 saturated carbocycles. The number of carbonyl (C=O) groups excluding carboxylic acids is 2. The molecular formula is C17H18F4N2O2. The quantitative estimate of drug-likeness (QED) is 0.725. The van der Waals surface area contributed by atoms with Gasteiger partial charge in [0.2, 0.25) is 5.91 Å². The molecule has 1 spiro atoms. The topological polar surface area (TPSA) is 40.6 Å². The van der Waals surface area contributed by atoms with Crippen LogP contribution in [0.15, 0.2) is 18.2 Å². The Morgan fingerprint density at radius 3 is 2.24 bits per heavy atom. The molecule has 2 heterocycles. The largest absolute Gasteiger partial charge is 0.419 e. The molecule has 1 aromatic carbocycles. The molecule has 4 nitrogen and oxygen atoms in total. The van der Waals surface area contributed by atoms with Gasteiger partial charge in [-0.05, 0) is 31.0 Å². The standard InChI is InChI=1S/C17H18F4N2O2/c1-11(24)22-6-4-16(9-22)5-7-23(10-16)15(25)12-2-3-14(18)13(8-12)17(19,20)21/h2-3,8H,4-7,9-10H2,1H3/t16-/m0/s1. The fourth-order valence-corrected chi connectivity index (χ4v) is 3.70. The first-order chi connectivity index (χ1) is 11.6. The van der Waals surface area contributed by atoms with Crippen LogP contribution in [0.5, 0.6) is 0 Å². The zero-order valence-electron chi connectivity index (χ0n) is 13.7. The summed E-state index contributed by atoms with van der Waals surface area (Å²) < 4.78 is 51.9. The van der Waals surface area contributed by atoms with Gasteiger partial charge in [-0.25, -0.2) is 4.39 Å². The molecule has 1 atom stereocenters. The van der Waals surface area contributed by atoms with Crippen molar-refractivity contribution < 1.29 is 27.2 Å². The predicted octanol–water partition coefficient (Wildman–Crippen LogP) is 2.93. The maximum atomic E-state index is 13.4. The zero-order valence-corrected chi connectivity index (χ0v) is 13.7. The minimum Gasteiger partial charge on any atom is -0.342 e. The van der Waals surface area contributed by atoms with E-state index in [2.05, 4.69) is 0 Å². The third-order valence-corrected chi connectivity index (χ3v) is 5.13. The molecule has 0 unspecified atom stereocenters. The number of likely N-dealkylation sites (tertiary alicyclic amines) is 2. The van der Waals surface area contributed by atoms with Gasteiger partial charge in [0, 0.05) is 44.1 Å². The molecule has 3 rings (SSSR count). The molecule has 2 aliphatic heterocycles. The van der Waals surface area contributed by atoms with Crippen molar-refractivity contribution in [3.63, 3.8) is 0 Å². The second-order valence-electron chi connectivity index (χ2n) is 6.86. The molecule has 0 aliphatic carbocycles. The van der Waals surface area contributed by atoms with E-state index in [9.17, 15) is 27.2 Å². The van der Waals surface area contributed by atoms with Crippen molar-refractivity contribution >= 4 is 11.8 Å². The Hall–Kier alpha value is -2.12. The highest BCUT2D eigenvalue weighted by atomic mass is 19.4. The molecule has 0 radical (unpaired) electrons. The van der Waals surface area contributed by atoms with E-state index in [0.717, 1.165) is 12.5 Å². The van der Waals surface area contributed by atoms with Gasteiger partial charge < -0.3 is 9.80 Å². The lowest BCUT2D eigenvalue weighted by molar-refractivity contribution is -0.140. The molecule has 136 valence electrons. The van der Waals surface area contributed by atoms with Crippen molar-refractivity contribution in [1.29, 1.82) is 0 Å². The normalized spacial score (nSPS) is 23.6. The first-order valence-corrected chi connectivity index (χ1v) is 8.03. The summed E-state index contributed by atoms with van der Waals surface area (Å²) in [6.07, 6.45) is -3.37. The number of benzene rings is 1. The summed E-state index contributed by atoms with van der Waals surface area (Å²) in [5.41, 5.74) is -1.79. The second kappa shape index (κ2) is 6.00. The molecular weight excluding hydrogens is 340 g/mol. The first-order valence-electron chi connectivity index (χ1n) is 8.03. The number of hydrogen-bond donors (Lipinski definition) is 0. The van der Waals surface area contributed by atoms with Crippen molar-refractivity contribution in [3.8, 4) is 0 Å².